The molecule has 0 aromatic carbocycles. The molecule has 17 heavy (non-hydrogen) atoms. The molecule has 1 aromatic heterocycles. The molecule has 1 aromatic rings. The molecule has 1 aliphatic rings. The molecule has 2 heterocycles. The lowest BCUT2D eigenvalue weighted by Gasteiger charge is -2.24. The first kappa shape index (κ1) is 12.1. The zero-order chi connectivity index (χ0) is 12.1. The van der Waals surface area contributed by atoms with Crippen LogP contribution in [0.3, 0.4) is 0 Å². The molecule has 1 aliphatic heterocycles. The van der Waals surface area contributed by atoms with E-state index in [0.717, 1.165) is 31.6 Å². The van der Waals surface area contributed by atoms with Crippen LogP contribution in [0.4, 0.5) is 0 Å². The number of carbonyl (C=O) groups excluding carboxylic acids is 1. The molecule has 2 rings (SSSR count). The molecular formula is C12H20N4O. The average Bonchev–Trinajstić information content (AvgIpc) is 2.90. The maximum atomic E-state index is 12.0. The number of H-pyrrole nitrogens is 1. The van der Waals surface area contributed by atoms with Crippen LogP contribution >= 0.6 is 0 Å². The van der Waals surface area contributed by atoms with Gasteiger partial charge in [0.15, 0.2) is 0 Å². The van der Waals surface area contributed by atoms with E-state index < -0.39 is 0 Å². The summed E-state index contributed by atoms with van der Waals surface area (Å²) in [5.41, 5.74) is 0. The van der Waals surface area contributed by atoms with Crippen LogP contribution in [0.5, 0.6) is 0 Å². The Labute approximate surface area is 101 Å². The van der Waals surface area contributed by atoms with Crippen molar-refractivity contribution in [3.8, 4) is 0 Å². The summed E-state index contributed by atoms with van der Waals surface area (Å²) in [5, 5.41) is 6.29. The zero-order valence-corrected chi connectivity index (χ0v) is 10.2. The number of hydrogen-bond acceptors (Lipinski definition) is 3. The Morgan fingerprint density at radius 3 is 3.12 bits per heavy atom. The SMILES string of the molecule is CCC(NC(=O)[C@@H]1CCCCN1)c1ncc[nH]1. The molecule has 2 atom stereocenters. The van der Waals surface area contributed by atoms with Gasteiger partial charge >= 0.3 is 0 Å². The van der Waals surface area contributed by atoms with Crippen molar-refractivity contribution in [2.45, 2.75) is 44.7 Å². The molecule has 0 aliphatic carbocycles. The fraction of sp³-hybridized carbons (Fsp3) is 0.667. The van der Waals surface area contributed by atoms with E-state index in [0.29, 0.717) is 0 Å². The Morgan fingerprint density at radius 1 is 1.65 bits per heavy atom. The lowest BCUT2D eigenvalue weighted by Crippen LogP contribution is -2.47. The van der Waals surface area contributed by atoms with Gasteiger partial charge in [0.05, 0.1) is 12.1 Å². The Bertz CT molecular complexity index is 343. The molecule has 94 valence electrons. The summed E-state index contributed by atoms with van der Waals surface area (Å²) < 4.78 is 0. The Balaban J connectivity index is 1.92. The summed E-state index contributed by atoms with van der Waals surface area (Å²) in [4.78, 5) is 19.3. The number of hydrogen-bond donors (Lipinski definition) is 3. The highest BCUT2D eigenvalue weighted by molar-refractivity contribution is 5.82. The summed E-state index contributed by atoms with van der Waals surface area (Å²) in [6, 6.07) is -0.0472. The highest BCUT2D eigenvalue weighted by atomic mass is 16.2. The monoisotopic (exact) mass is 236 g/mol. The molecule has 0 spiro atoms. The van der Waals surface area contributed by atoms with E-state index in [9.17, 15) is 4.79 Å². The topological polar surface area (TPSA) is 69.8 Å². The minimum Gasteiger partial charge on any atom is -0.347 e. The van der Waals surface area contributed by atoms with Crippen LogP contribution in [0.15, 0.2) is 12.4 Å². The highest BCUT2D eigenvalue weighted by Crippen LogP contribution is 2.13. The number of aromatic amines is 1. The predicted molar refractivity (Wildman–Crippen MR) is 65.4 cm³/mol. The number of nitrogens with zero attached hydrogens (tertiary/aromatic N) is 1. The van der Waals surface area contributed by atoms with E-state index in [1.165, 1.54) is 6.42 Å². The third kappa shape index (κ3) is 3.06. The van der Waals surface area contributed by atoms with Crippen LogP contribution in [0.25, 0.3) is 0 Å². The van der Waals surface area contributed by atoms with E-state index >= 15 is 0 Å². The lowest BCUT2D eigenvalue weighted by atomic mass is 10.0. The van der Waals surface area contributed by atoms with E-state index in [-0.39, 0.29) is 18.0 Å². The van der Waals surface area contributed by atoms with Crippen molar-refractivity contribution in [1.29, 1.82) is 0 Å². The maximum Gasteiger partial charge on any atom is 0.237 e. The number of nitrogens with one attached hydrogen (secondary N) is 3. The van der Waals surface area contributed by atoms with Gasteiger partial charge in [-0.15, -0.1) is 0 Å². The van der Waals surface area contributed by atoms with Crippen LogP contribution in [-0.2, 0) is 4.79 Å². The van der Waals surface area contributed by atoms with E-state index in [4.69, 9.17) is 0 Å². The molecule has 3 N–H and O–H groups in total. The fourth-order valence-electron chi connectivity index (χ4n) is 2.18. The Morgan fingerprint density at radius 2 is 2.53 bits per heavy atom. The summed E-state index contributed by atoms with van der Waals surface area (Å²) in [6.45, 7) is 2.98. The van der Waals surface area contributed by atoms with Crippen LogP contribution in [0.1, 0.15) is 44.5 Å². The number of aromatic nitrogens is 2. The number of rotatable bonds is 4. The standard InChI is InChI=1S/C12H20N4O/c1-2-9(11-14-7-8-15-11)16-12(17)10-5-3-4-6-13-10/h7-10,13H,2-6H2,1H3,(H,14,15)(H,16,17)/t9?,10-/m0/s1. The smallest absolute Gasteiger partial charge is 0.237 e. The molecule has 1 fully saturated rings. The van der Waals surface area contributed by atoms with Crippen LogP contribution in [0, 0.1) is 0 Å². The van der Waals surface area contributed by atoms with Gasteiger partial charge in [0.1, 0.15) is 5.82 Å². The van der Waals surface area contributed by atoms with Crippen LogP contribution in [-0.4, -0.2) is 28.5 Å². The van der Waals surface area contributed by atoms with Crippen molar-refractivity contribution in [2.24, 2.45) is 0 Å². The van der Waals surface area contributed by atoms with Gasteiger partial charge < -0.3 is 15.6 Å². The third-order valence-electron chi connectivity index (χ3n) is 3.20. The predicted octanol–water partition coefficient (Wildman–Crippen LogP) is 1.12. The van der Waals surface area contributed by atoms with Crippen molar-refractivity contribution >= 4 is 5.91 Å². The van der Waals surface area contributed by atoms with Crippen molar-refractivity contribution in [2.75, 3.05) is 6.54 Å². The normalized spacial score (nSPS) is 22.1. The number of amides is 1. The van der Waals surface area contributed by atoms with Crippen LogP contribution < -0.4 is 10.6 Å². The molecule has 1 amide bonds. The molecule has 5 heteroatoms. The summed E-state index contributed by atoms with van der Waals surface area (Å²) in [6.07, 6.45) is 7.56. The molecule has 1 unspecified atom stereocenters. The first-order valence-electron chi connectivity index (χ1n) is 6.34. The summed E-state index contributed by atoms with van der Waals surface area (Å²) >= 11 is 0. The quantitative estimate of drug-likeness (QED) is 0.733. The number of piperidine rings is 1. The van der Waals surface area contributed by atoms with Gasteiger partial charge in [0.2, 0.25) is 5.91 Å². The molecule has 0 bridgehead atoms. The molecule has 1 saturated heterocycles. The van der Waals surface area contributed by atoms with Gasteiger partial charge in [-0.25, -0.2) is 4.98 Å². The summed E-state index contributed by atoms with van der Waals surface area (Å²) in [5.74, 6) is 0.921. The second-order valence-electron chi connectivity index (χ2n) is 4.45. The molecule has 5 nitrogen and oxygen atoms in total. The van der Waals surface area contributed by atoms with Crippen LogP contribution in [0.2, 0.25) is 0 Å². The molecular weight excluding hydrogens is 216 g/mol. The zero-order valence-electron chi connectivity index (χ0n) is 10.2. The second kappa shape index (κ2) is 5.82. The van der Waals surface area contributed by atoms with E-state index in [1.807, 2.05) is 6.92 Å². The largest absolute Gasteiger partial charge is 0.347 e. The summed E-state index contributed by atoms with van der Waals surface area (Å²) in [7, 11) is 0. The minimum atomic E-state index is -0.0345. The van der Waals surface area contributed by atoms with E-state index in [2.05, 4.69) is 20.6 Å². The van der Waals surface area contributed by atoms with Crippen molar-refractivity contribution in [3.63, 3.8) is 0 Å². The Hall–Kier alpha value is -1.36. The number of imidazole rings is 1. The first-order chi connectivity index (χ1) is 8.31. The first-order valence-corrected chi connectivity index (χ1v) is 6.34. The van der Waals surface area contributed by atoms with E-state index in [1.54, 1.807) is 12.4 Å². The highest BCUT2D eigenvalue weighted by Gasteiger charge is 2.23. The minimum absolute atomic E-state index is 0.0128. The maximum absolute atomic E-state index is 12.0. The van der Waals surface area contributed by atoms with Crippen molar-refractivity contribution < 1.29 is 4.79 Å². The average molecular weight is 236 g/mol. The second-order valence-corrected chi connectivity index (χ2v) is 4.45. The molecule has 0 saturated carbocycles. The van der Waals surface area contributed by atoms with Gasteiger partial charge in [-0.3, -0.25) is 4.79 Å². The molecule has 0 radical (unpaired) electrons. The third-order valence-corrected chi connectivity index (χ3v) is 3.20. The lowest BCUT2D eigenvalue weighted by molar-refractivity contribution is -0.124. The Kier molecular flexibility index (Phi) is 4.14. The fourth-order valence-corrected chi connectivity index (χ4v) is 2.18. The van der Waals surface area contributed by atoms with Gasteiger partial charge in [-0.1, -0.05) is 13.3 Å². The van der Waals surface area contributed by atoms with Crippen molar-refractivity contribution in [3.05, 3.63) is 18.2 Å². The van der Waals surface area contributed by atoms with Gasteiger partial charge in [-0.2, -0.15) is 0 Å². The van der Waals surface area contributed by atoms with Gasteiger partial charge in [-0.05, 0) is 25.8 Å². The number of carbonyl (C=O) groups is 1. The van der Waals surface area contributed by atoms with Crippen molar-refractivity contribution in [1.82, 2.24) is 20.6 Å². The van der Waals surface area contributed by atoms with Gasteiger partial charge in [0.25, 0.3) is 0 Å². The van der Waals surface area contributed by atoms with Gasteiger partial charge in [0, 0.05) is 12.4 Å².